The van der Waals surface area contributed by atoms with Crippen LogP contribution in [-0.4, -0.2) is 18.4 Å². The molecule has 0 unspecified atom stereocenters. The summed E-state index contributed by atoms with van der Waals surface area (Å²) < 4.78 is 5.37. The predicted molar refractivity (Wildman–Crippen MR) is 93.4 cm³/mol. The summed E-state index contributed by atoms with van der Waals surface area (Å²) in [6.07, 6.45) is 0.982. The molecule has 0 saturated carbocycles. The highest BCUT2D eigenvalue weighted by molar-refractivity contribution is 6.32. The fourth-order valence-electron chi connectivity index (χ4n) is 2.89. The first kappa shape index (κ1) is 16.5. The Bertz CT molecular complexity index is 775. The summed E-state index contributed by atoms with van der Waals surface area (Å²) in [5, 5.41) is 0.378. The maximum absolute atomic E-state index is 12.4. The molecule has 2 aromatic carbocycles. The standard InChI is InChI=1S/C19H18ClNO3/c1-2-13-7-3-5-9-16(13)21-12-14(11-18(21)22)19(23)24-17-10-6-4-8-15(17)20/h3-10,14H,2,11-12H2,1H3/t14-/m1/s1. The van der Waals surface area contributed by atoms with Crippen LogP contribution in [0.1, 0.15) is 18.9 Å². The van der Waals surface area contributed by atoms with Crippen LogP contribution in [0.25, 0.3) is 0 Å². The third-order valence-electron chi connectivity index (χ3n) is 4.17. The minimum atomic E-state index is -0.487. The number of rotatable bonds is 4. The first-order valence-electron chi connectivity index (χ1n) is 7.94. The van der Waals surface area contributed by atoms with E-state index in [1.54, 1.807) is 29.2 Å². The first-order chi connectivity index (χ1) is 11.6. The fraction of sp³-hybridized carbons (Fsp3) is 0.263. The molecule has 1 fully saturated rings. The average molecular weight is 344 g/mol. The third kappa shape index (κ3) is 3.29. The summed E-state index contributed by atoms with van der Waals surface area (Å²) in [5.74, 6) is -0.646. The lowest BCUT2D eigenvalue weighted by Crippen LogP contribution is -2.28. The molecule has 5 heteroatoms. The van der Waals surface area contributed by atoms with Crippen LogP contribution in [0.4, 0.5) is 5.69 Å². The molecule has 1 atom stereocenters. The van der Waals surface area contributed by atoms with E-state index in [-0.39, 0.29) is 12.3 Å². The average Bonchev–Trinajstić information content (AvgIpc) is 2.98. The van der Waals surface area contributed by atoms with E-state index in [4.69, 9.17) is 16.3 Å². The zero-order valence-corrected chi connectivity index (χ0v) is 14.1. The highest BCUT2D eigenvalue weighted by Crippen LogP contribution is 2.30. The topological polar surface area (TPSA) is 46.6 Å². The molecule has 0 radical (unpaired) electrons. The van der Waals surface area contributed by atoms with Crippen LogP contribution in [0, 0.1) is 5.92 Å². The molecule has 0 aromatic heterocycles. The van der Waals surface area contributed by atoms with Gasteiger partial charge in [-0.3, -0.25) is 9.59 Å². The van der Waals surface area contributed by atoms with Crippen molar-refractivity contribution in [3.8, 4) is 5.75 Å². The third-order valence-corrected chi connectivity index (χ3v) is 4.48. The van der Waals surface area contributed by atoms with Gasteiger partial charge in [0.2, 0.25) is 5.91 Å². The van der Waals surface area contributed by atoms with Gasteiger partial charge in [-0.25, -0.2) is 0 Å². The number of hydrogen-bond acceptors (Lipinski definition) is 3. The molecule has 0 N–H and O–H groups in total. The van der Waals surface area contributed by atoms with E-state index in [1.165, 1.54) is 0 Å². The molecule has 1 aliphatic rings. The monoisotopic (exact) mass is 343 g/mol. The van der Waals surface area contributed by atoms with Crippen molar-refractivity contribution in [1.29, 1.82) is 0 Å². The molecular formula is C19H18ClNO3. The second kappa shape index (κ2) is 7.05. The van der Waals surface area contributed by atoms with E-state index in [1.807, 2.05) is 31.2 Å². The summed E-state index contributed by atoms with van der Waals surface area (Å²) in [6, 6.07) is 14.6. The van der Waals surface area contributed by atoms with Crippen LogP contribution in [0.2, 0.25) is 5.02 Å². The van der Waals surface area contributed by atoms with Crippen LogP contribution in [-0.2, 0) is 16.0 Å². The SMILES string of the molecule is CCc1ccccc1N1C[C@H](C(=O)Oc2ccccc2Cl)CC1=O. The highest BCUT2D eigenvalue weighted by Gasteiger charge is 2.37. The number of halogens is 1. The second-order valence-corrected chi connectivity index (χ2v) is 6.15. The lowest BCUT2D eigenvalue weighted by atomic mass is 10.1. The summed E-state index contributed by atoms with van der Waals surface area (Å²) >= 11 is 6.01. The number of para-hydroxylation sites is 2. The molecule has 1 amide bonds. The number of anilines is 1. The normalized spacial score (nSPS) is 17.2. The number of carbonyl (C=O) groups excluding carboxylic acids is 2. The molecule has 124 valence electrons. The van der Waals surface area contributed by atoms with Gasteiger partial charge in [0.15, 0.2) is 0 Å². The van der Waals surface area contributed by atoms with Gasteiger partial charge in [0.05, 0.1) is 10.9 Å². The van der Waals surface area contributed by atoms with Crippen LogP contribution >= 0.6 is 11.6 Å². The molecule has 0 bridgehead atoms. The summed E-state index contributed by atoms with van der Waals surface area (Å²) in [4.78, 5) is 26.4. The van der Waals surface area contributed by atoms with Gasteiger partial charge in [-0.2, -0.15) is 0 Å². The summed E-state index contributed by atoms with van der Waals surface area (Å²) in [7, 11) is 0. The number of benzene rings is 2. The Kier molecular flexibility index (Phi) is 4.86. The number of aryl methyl sites for hydroxylation is 1. The van der Waals surface area contributed by atoms with Crippen molar-refractivity contribution in [3.63, 3.8) is 0 Å². The number of amides is 1. The second-order valence-electron chi connectivity index (χ2n) is 5.74. The Morgan fingerprint density at radius 2 is 1.92 bits per heavy atom. The van der Waals surface area contributed by atoms with Crippen LogP contribution < -0.4 is 9.64 Å². The van der Waals surface area contributed by atoms with E-state index in [0.717, 1.165) is 17.7 Å². The number of esters is 1. The molecule has 1 heterocycles. The van der Waals surface area contributed by atoms with E-state index in [9.17, 15) is 9.59 Å². The van der Waals surface area contributed by atoms with E-state index in [0.29, 0.717) is 17.3 Å². The van der Waals surface area contributed by atoms with Gasteiger partial charge in [-0.1, -0.05) is 48.9 Å². The van der Waals surface area contributed by atoms with Gasteiger partial charge in [-0.15, -0.1) is 0 Å². The fourth-order valence-corrected chi connectivity index (χ4v) is 3.06. The van der Waals surface area contributed by atoms with E-state index in [2.05, 4.69) is 0 Å². The van der Waals surface area contributed by atoms with Gasteiger partial charge in [0.1, 0.15) is 5.75 Å². The Morgan fingerprint density at radius 1 is 1.21 bits per heavy atom. The van der Waals surface area contributed by atoms with Crippen LogP contribution in [0.15, 0.2) is 48.5 Å². The van der Waals surface area contributed by atoms with Gasteiger partial charge >= 0.3 is 5.97 Å². The highest BCUT2D eigenvalue weighted by atomic mass is 35.5. The van der Waals surface area contributed by atoms with Gasteiger partial charge in [0, 0.05) is 18.7 Å². The van der Waals surface area contributed by atoms with Crippen LogP contribution in [0.3, 0.4) is 0 Å². The molecule has 2 aromatic rings. The smallest absolute Gasteiger partial charge is 0.316 e. The molecule has 1 saturated heterocycles. The van der Waals surface area contributed by atoms with E-state index >= 15 is 0 Å². The Morgan fingerprint density at radius 3 is 2.67 bits per heavy atom. The van der Waals surface area contributed by atoms with E-state index < -0.39 is 11.9 Å². The number of ether oxygens (including phenoxy) is 1. The summed E-state index contributed by atoms with van der Waals surface area (Å²) in [6.45, 7) is 2.38. The van der Waals surface area contributed by atoms with Crippen molar-refractivity contribution in [2.75, 3.05) is 11.4 Å². The Labute approximate surface area is 146 Å². The molecule has 0 aliphatic carbocycles. The molecular weight excluding hydrogens is 326 g/mol. The zero-order valence-electron chi connectivity index (χ0n) is 13.4. The molecule has 0 spiro atoms. The number of nitrogens with zero attached hydrogens (tertiary/aromatic N) is 1. The van der Waals surface area contributed by atoms with Crippen LogP contribution in [0.5, 0.6) is 5.75 Å². The zero-order chi connectivity index (χ0) is 17.1. The molecule has 24 heavy (non-hydrogen) atoms. The van der Waals surface area contributed by atoms with Gasteiger partial charge < -0.3 is 9.64 Å². The number of hydrogen-bond donors (Lipinski definition) is 0. The quantitative estimate of drug-likeness (QED) is 0.625. The minimum Gasteiger partial charge on any atom is -0.425 e. The lowest BCUT2D eigenvalue weighted by molar-refractivity contribution is -0.139. The van der Waals surface area contributed by atoms with Crippen molar-refractivity contribution in [2.45, 2.75) is 19.8 Å². The van der Waals surface area contributed by atoms with Gasteiger partial charge in [0.25, 0.3) is 0 Å². The number of carbonyl (C=O) groups is 2. The van der Waals surface area contributed by atoms with Crippen molar-refractivity contribution in [3.05, 3.63) is 59.1 Å². The van der Waals surface area contributed by atoms with Crippen molar-refractivity contribution >= 4 is 29.2 Å². The first-order valence-corrected chi connectivity index (χ1v) is 8.32. The largest absolute Gasteiger partial charge is 0.425 e. The molecule has 1 aliphatic heterocycles. The van der Waals surface area contributed by atoms with Crippen molar-refractivity contribution in [1.82, 2.24) is 0 Å². The minimum absolute atomic E-state index is 0.0583. The Balaban J connectivity index is 1.75. The maximum Gasteiger partial charge on any atom is 0.316 e. The predicted octanol–water partition coefficient (Wildman–Crippen LogP) is 3.86. The summed E-state index contributed by atoms with van der Waals surface area (Å²) in [5.41, 5.74) is 1.96. The van der Waals surface area contributed by atoms with Crippen molar-refractivity contribution < 1.29 is 14.3 Å². The molecule has 4 nitrogen and oxygen atoms in total. The maximum atomic E-state index is 12.4. The van der Waals surface area contributed by atoms with Crippen molar-refractivity contribution in [2.24, 2.45) is 5.92 Å². The van der Waals surface area contributed by atoms with Gasteiger partial charge in [-0.05, 0) is 30.2 Å². The lowest BCUT2D eigenvalue weighted by Gasteiger charge is -2.19. The molecule has 3 rings (SSSR count). The Hall–Kier alpha value is -2.33.